The van der Waals surface area contributed by atoms with Gasteiger partial charge in [0.15, 0.2) is 0 Å². The number of carbonyl (C=O) groups excluding carboxylic acids is 2. The number of aromatic nitrogens is 1. The summed E-state index contributed by atoms with van der Waals surface area (Å²) in [4.78, 5) is 29.5. The fourth-order valence-corrected chi connectivity index (χ4v) is 3.50. The second kappa shape index (κ2) is 10.8. The van der Waals surface area contributed by atoms with Crippen molar-refractivity contribution in [3.8, 4) is 0 Å². The summed E-state index contributed by atoms with van der Waals surface area (Å²) in [6.07, 6.45) is 1.93. The van der Waals surface area contributed by atoms with E-state index in [0.29, 0.717) is 17.8 Å². The maximum Gasteiger partial charge on any atom is 0.269 e. The zero-order valence-corrected chi connectivity index (χ0v) is 17.6. The van der Waals surface area contributed by atoms with Gasteiger partial charge in [0, 0.05) is 43.9 Å². The Kier molecular flexibility index (Phi) is 7.93. The van der Waals surface area contributed by atoms with Crippen LogP contribution in [0.15, 0.2) is 42.5 Å². The van der Waals surface area contributed by atoms with E-state index >= 15 is 0 Å². The highest BCUT2D eigenvalue weighted by Gasteiger charge is 2.18. The largest absolute Gasteiger partial charge is 0.376 e. The fourth-order valence-electron chi connectivity index (χ4n) is 3.50. The van der Waals surface area contributed by atoms with Crippen LogP contribution in [0, 0.1) is 0 Å². The number of pyridine rings is 1. The van der Waals surface area contributed by atoms with Gasteiger partial charge in [0.2, 0.25) is 0 Å². The summed E-state index contributed by atoms with van der Waals surface area (Å²) >= 11 is 0. The van der Waals surface area contributed by atoms with Gasteiger partial charge in [0.05, 0.1) is 12.7 Å². The molecule has 1 aliphatic rings. The Balaban J connectivity index is 1.69. The van der Waals surface area contributed by atoms with Gasteiger partial charge in [0.1, 0.15) is 5.69 Å². The Bertz CT molecular complexity index is 851. The summed E-state index contributed by atoms with van der Waals surface area (Å²) < 4.78 is 5.68. The zero-order chi connectivity index (χ0) is 21.3. The molecule has 0 radical (unpaired) electrons. The lowest BCUT2D eigenvalue weighted by atomic mass is 9.96. The molecular formula is C23H30N4O3. The van der Waals surface area contributed by atoms with Crippen molar-refractivity contribution in [2.24, 2.45) is 0 Å². The molecule has 2 heterocycles. The molecule has 2 aromatic rings. The van der Waals surface area contributed by atoms with Gasteiger partial charge in [0.25, 0.3) is 11.8 Å². The molecule has 3 N–H and O–H groups in total. The van der Waals surface area contributed by atoms with E-state index in [1.54, 1.807) is 19.2 Å². The van der Waals surface area contributed by atoms with Crippen LogP contribution in [-0.4, -0.2) is 56.2 Å². The van der Waals surface area contributed by atoms with E-state index < -0.39 is 0 Å². The van der Waals surface area contributed by atoms with Gasteiger partial charge in [-0.15, -0.1) is 0 Å². The lowest BCUT2D eigenvalue weighted by molar-refractivity contribution is 0.0225. The van der Waals surface area contributed by atoms with Gasteiger partial charge in [-0.2, -0.15) is 0 Å². The van der Waals surface area contributed by atoms with E-state index in [2.05, 4.69) is 20.9 Å². The van der Waals surface area contributed by atoms with Gasteiger partial charge >= 0.3 is 0 Å². The number of amides is 2. The molecule has 0 bridgehead atoms. The molecule has 2 amide bonds. The number of rotatable bonds is 8. The first-order valence-electron chi connectivity index (χ1n) is 10.5. The van der Waals surface area contributed by atoms with Crippen LogP contribution in [0.25, 0.3) is 0 Å². The van der Waals surface area contributed by atoms with E-state index in [-0.39, 0.29) is 29.5 Å². The lowest BCUT2D eigenvalue weighted by Crippen LogP contribution is -2.38. The molecule has 1 aromatic carbocycles. The molecule has 0 aliphatic carbocycles. The summed E-state index contributed by atoms with van der Waals surface area (Å²) in [5.74, 6) is -0.557. The van der Waals surface area contributed by atoms with Crippen LogP contribution in [0.4, 0.5) is 0 Å². The Hall–Kier alpha value is -2.77. The van der Waals surface area contributed by atoms with Crippen molar-refractivity contribution < 1.29 is 14.3 Å². The predicted octanol–water partition coefficient (Wildman–Crippen LogP) is 2.09. The summed E-state index contributed by atoms with van der Waals surface area (Å²) in [6.45, 7) is 5.06. The first kappa shape index (κ1) is 21.9. The number of hydrogen-bond donors (Lipinski definition) is 3. The van der Waals surface area contributed by atoms with Gasteiger partial charge < -0.3 is 20.7 Å². The second-order valence-electron chi connectivity index (χ2n) is 7.47. The van der Waals surface area contributed by atoms with Gasteiger partial charge in [-0.05, 0) is 30.5 Å². The Morgan fingerprint density at radius 1 is 1.23 bits per heavy atom. The molecule has 1 aliphatic heterocycles. The van der Waals surface area contributed by atoms with Gasteiger partial charge in [-0.1, -0.05) is 37.3 Å². The highest BCUT2D eigenvalue weighted by Crippen LogP contribution is 2.23. The quantitative estimate of drug-likeness (QED) is 0.580. The van der Waals surface area contributed by atoms with Crippen molar-refractivity contribution in [1.82, 2.24) is 20.9 Å². The van der Waals surface area contributed by atoms with Crippen molar-refractivity contribution in [1.29, 1.82) is 0 Å². The number of morpholine rings is 1. The standard InChI is InChI=1S/C23H30N4O3/c1-16(17-7-4-3-5-8-17)20-13-18(14-21(27-20)23(29)24-2)22(28)26-10-6-9-19-15-25-11-12-30-19/h3-5,7-8,13-14,16,19,25H,6,9-12,15H2,1-2H3,(H,24,29)(H,26,28)/t16-,19-/m0/s1. The Morgan fingerprint density at radius 2 is 2.03 bits per heavy atom. The van der Waals surface area contributed by atoms with Crippen LogP contribution in [-0.2, 0) is 4.74 Å². The van der Waals surface area contributed by atoms with Crippen LogP contribution < -0.4 is 16.0 Å². The third-order valence-corrected chi connectivity index (χ3v) is 5.30. The normalized spacial score (nSPS) is 17.2. The number of ether oxygens (including phenoxy) is 1. The fraction of sp³-hybridized carbons (Fsp3) is 0.435. The van der Waals surface area contributed by atoms with E-state index in [1.807, 2.05) is 37.3 Å². The first-order chi connectivity index (χ1) is 14.6. The molecule has 160 valence electrons. The van der Waals surface area contributed by atoms with Gasteiger partial charge in [-0.3, -0.25) is 9.59 Å². The van der Waals surface area contributed by atoms with E-state index in [0.717, 1.165) is 38.1 Å². The number of hydrogen-bond acceptors (Lipinski definition) is 5. The average Bonchev–Trinajstić information content (AvgIpc) is 2.81. The lowest BCUT2D eigenvalue weighted by Gasteiger charge is -2.23. The zero-order valence-electron chi connectivity index (χ0n) is 17.6. The summed E-state index contributed by atoms with van der Waals surface area (Å²) in [5.41, 5.74) is 2.45. The smallest absolute Gasteiger partial charge is 0.269 e. The number of benzene rings is 1. The predicted molar refractivity (Wildman–Crippen MR) is 116 cm³/mol. The van der Waals surface area contributed by atoms with Gasteiger partial charge in [-0.25, -0.2) is 4.98 Å². The number of nitrogens with zero attached hydrogens (tertiary/aromatic N) is 1. The van der Waals surface area contributed by atoms with Crippen molar-refractivity contribution in [2.75, 3.05) is 33.3 Å². The van der Waals surface area contributed by atoms with Crippen LogP contribution >= 0.6 is 0 Å². The third kappa shape index (κ3) is 5.87. The summed E-state index contributed by atoms with van der Waals surface area (Å²) in [7, 11) is 1.55. The molecule has 1 saturated heterocycles. The Morgan fingerprint density at radius 3 is 2.73 bits per heavy atom. The number of nitrogens with one attached hydrogen (secondary N) is 3. The molecule has 3 rings (SSSR count). The molecule has 0 saturated carbocycles. The molecule has 2 atom stereocenters. The van der Waals surface area contributed by atoms with Crippen LogP contribution in [0.5, 0.6) is 0 Å². The molecule has 0 spiro atoms. The minimum atomic E-state index is -0.312. The first-order valence-corrected chi connectivity index (χ1v) is 10.5. The van der Waals surface area contributed by atoms with E-state index in [4.69, 9.17) is 4.74 Å². The molecule has 7 nitrogen and oxygen atoms in total. The molecular weight excluding hydrogens is 380 g/mol. The van der Waals surface area contributed by atoms with Crippen molar-refractivity contribution in [2.45, 2.75) is 31.8 Å². The molecule has 0 unspecified atom stereocenters. The van der Waals surface area contributed by atoms with Crippen molar-refractivity contribution in [3.63, 3.8) is 0 Å². The maximum absolute atomic E-state index is 12.8. The SMILES string of the molecule is CNC(=O)c1cc(C(=O)NCCC[C@H]2CNCCO2)cc([C@@H](C)c2ccccc2)n1. The van der Waals surface area contributed by atoms with Crippen molar-refractivity contribution >= 4 is 11.8 Å². The van der Waals surface area contributed by atoms with Crippen molar-refractivity contribution in [3.05, 3.63) is 65.0 Å². The Labute approximate surface area is 177 Å². The summed E-state index contributed by atoms with van der Waals surface area (Å²) in [5, 5.41) is 8.85. The molecule has 1 fully saturated rings. The van der Waals surface area contributed by atoms with Crippen LogP contribution in [0.3, 0.4) is 0 Å². The number of carbonyl (C=O) groups is 2. The monoisotopic (exact) mass is 410 g/mol. The highest BCUT2D eigenvalue weighted by molar-refractivity contribution is 5.98. The molecule has 1 aromatic heterocycles. The minimum absolute atomic E-state index is 0.0432. The second-order valence-corrected chi connectivity index (χ2v) is 7.47. The topological polar surface area (TPSA) is 92.4 Å². The summed E-state index contributed by atoms with van der Waals surface area (Å²) in [6, 6.07) is 13.2. The van der Waals surface area contributed by atoms with Crippen LogP contribution in [0.2, 0.25) is 0 Å². The maximum atomic E-state index is 12.8. The van der Waals surface area contributed by atoms with Crippen LogP contribution in [0.1, 0.15) is 57.8 Å². The highest BCUT2D eigenvalue weighted by atomic mass is 16.5. The average molecular weight is 411 g/mol. The van der Waals surface area contributed by atoms with E-state index in [9.17, 15) is 9.59 Å². The minimum Gasteiger partial charge on any atom is -0.376 e. The molecule has 7 heteroatoms. The van der Waals surface area contributed by atoms with E-state index in [1.165, 1.54) is 0 Å². The third-order valence-electron chi connectivity index (χ3n) is 5.30. The molecule has 30 heavy (non-hydrogen) atoms.